The molecular formula is C9H18N2O2. The number of carbonyl (C=O) groups is 1. The quantitative estimate of drug-likeness (QED) is 0.648. The van der Waals surface area contributed by atoms with Gasteiger partial charge < -0.3 is 14.9 Å². The molecule has 13 heavy (non-hydrogen) atoms. The molecule has 1 fully saturated rings. The van der Waals surface area contributed by atoms with Gasteiger partial charge in [-0.05, 0) is 20.5 Å². The van der Waals surface area contributed by atoms with Crippen molar-refractivity contribution in [1.29, 1.82) is 0 Å². The van der Waals surface area contributed by atoms with E-state index in [1.54, 1.807) is 4.90 Å². The van der Waals surface area contributed by atoms with Crippen molar-refractivity contribution in [1.82, 2.24) is 9.80 Å². The van der Waals surface area contributed by atoms with Crippen LogP contribution in [0.15, 0.2) is 0 Å². The Hall–Kier alpha value is -0.610. The van der Waals surface area contributed by atoms with Gasteiger partial charge in [0.15, 0.2) is 0 Å². The lowest BCUT2D eigenvalue weighted by molar-refractivity contribution is -0.156. The summed E-state index contributed by atoms with van der Waals surface area (Å²) in [5.41, 5.74) is -0.609. The molecule has 0 aromatic carbocycles. The number of likely N-dealkylation sites (tertiary alicyclic amines) is 1. The van der Waals surface area contributed by atoms with Crippen LogP contribution in [-0.2, 0) is 4.79 Å². The Bertz CT molecular complexity index is 198. The number of hydrogen-bond donors (Lipinski definition) is 1. The zero-order chi connectivity index (χ0) is 10.1. The van der Waals surface area contributed by atoms with Gasteiger partial charge in [-0.2, -0.15) is 0 Å². The summed E-state index contributed by atoms with van der Waals surface area (Å²) in [6.07, 6.45) is 0.721. The monoisotopic (exact) mass is 186 g/mol. The molecule has 0 unspecified atom stereocenters. The summed E-state index contributed by atoms with van der Waals surface area (Å²) in [5.74, 6) is 0.100. The van der Waals surface area contributed by atoms with Crippen LogP contribution in [0.5, 0.6) is 0 Å². The Labute approximate surface area is 79.1 Å². The second kappa shape index (κ2) is 3.64. The first kappa shape index (κ1) is 10.5. The molecule has 0 aromatic rings. The number of carbonyl (C=O) groups excluding carboxylic acids is 1. The number of hydrogen-bond acceptors (Lipinski definition) is 3. The second-order valence-corrected chi connectivity index (χ2v) is 4.07. The summed E-state index contributed by atoms with van der Waals surface area (Å²) in [7, 11) is 3.73. The minimum absolute atomic E-state index is 0.100. The van der Waals surface area contributed by atoms with E-state index in [1.807, 2.05) is 25.9 Å². The predicted octanol–water partition coefficient (Wildman–Crippen LogP) is -0.469. The van der Waals surface area contributed by atoms with E-state index < -0.39 is 5.60 Å². The van der Waals surface area contributed by atoms with Crippen molar-refractivity contribution >= 4 is 5.91 Å². The average Bonchev–Trinajstić information content (AvgIpc) is 1.97. The SMILES string of the molecule is CCC1(O)CN(C(=O)CN(C)C)C1. The topological polar surface area (TPSA) is 43.8 Å². The fourth-order valence-electron chi connectivity index (χ4n) is 1.43. The molecule has 0 spiro atoms. The highest BCUT2D eigenvalue weighted by atomic mass is 16.3. The molecule has 0 saturated carbocycles. The zero-order valence-electron chi connectivity index (χ0n) is 8.58. The van der Waals surface area contributed by atoms with Crippen molar-refractivity contribution in [2.45, 2.75) is 18.9 Å². The molecule has 1 aliphatic rings. The number of nitrogens with zero attached hydrogens (tertiary/aromatic N) is 2. The molecule has 0 bridgehead atoms. The Morgan fingerprint density at radius 3 is 2.46 bits per heavy atom. The lowest BCUT2D eigenvalue weighted by Gasteiger charge is -2.46. The fraction of sp³-hybridized carbons (Fsp3) is 0.889. The van der Waals surface area contributed by atoms with Crippen molar-refractivity contribution in [2.24, 2.45) is 0 Å². The molecule has 0 aromatic heterocycles. The predicted molar refractivity (Wildman–Crippen MR) is 50.4 cm³/mol. The van der Waals surface area contributed by atoms with E-state index in [1.165, 1.54) is 0 Å². The highest BCUT2D eigenvalue weighted by Gasteiger charge is 2.41. The van der Waals surface area contributed by atoms with Gasteiger partial charge >= 0.3 is 0 Å². The third-order valence-corrected chi connectivity index (χ3v) is 2.43. The van der Waals surface area contributed by atoms with E-state index in [0.29, 0.717) is 19.6 Å². The van der Waals surface area contributed by atoms with Crippen LogP contribution < -0.4 is 0 Å². The van der Waals surface area contributed by atoms with Crippen LogP contribution in [0.1, 0.15) is 13.3 Å². The summed E-state index contributed by atoms with van der Waals surface area (Å²) in [4.78, 5) is 14.9. The van der Waals surface area contributed by atoms with Gasteiger partial charge in [0.05, 0.1) is 25.2 Å². The lowest BCUT2D eigenvalue weighted by atomic mass is 9.91. The van der Waals surface area contributed by atoms with E-state index >= 15 is 0 Å². The molecule has 0 aliphatic carbocycles. The molecule has 0 atom stereocenters. The van der Waals surface area contributed by atoms with Crippen molar-refractivity contribution in [3.63, 3.8) is 0 Å². The molecule has 0 radical (unpaired) electrons. The van der Waals surface area contributed by atoms with Crippen molar-refractivity contribution in [3.8, 4) is 0 Å². The van der Waals surface area contributed by atoms with Gasteiger partial charge in [-0.25, -0.2) is 0 Å². The van der Waals surface area contributed by atoms with Crippen LogP contribution in [-0.4, -0.2) is 60.1 Å². The normalized spacial score (nSPS) is 20.2. The molecule has 76 valence electrons. The molecule has 1 amide bonds. The second-order valence-electron chi connectivity index (χ2n) is 4.07. The Kier molecular flexibility index (Phi) is 2.93. The van der Waals surface area contributed by atoms with Crippen LogP contribution in [0.4, 0.5) is 0 Å². The van der Waals surface area contributed by atoms with Crippen molar-refractivity contribution < 1.29 is 9.90 Å². The first-order chi connectivity index (χ1) is 5.97. The first-order valence-electron chi connectivity index (χ1n) is 4.62. The molecule has 4 nitrogen and oxygen atoms in total. The van der Waals surface area contributed by atoms with Gasteiger partial charge in [0, 0.05) is 0 Å². The van der Waals surface area contributed by atoms with Crippen LogP contribution in [0.3, 0.4) is 0 Å². The minimum Gasteiger partial charge on any atom is -0.386 e. The first-order valence-corrected chi connectivity index (χ1v) is 4.62. The number of amides is 1. The summed E-state index contributed by atoms with van der Waals surface area (Å²) >= 11 is 0. The summed E-state index contributed by atoms with van der Waals surface area (Å²) < 4.78 is 0. The summed E-state index contributed by atoms with van der Waals surface area (Å²) in [6, 6.07) is 0. The summed E-state index contributed by atoms with van der Waals surface area (Å²) in [6.45, 7) is 3.36. The fourth-order valence-corrected chi connectivity index (χ4v) is 1.43. The maximum Gasteiger partial charge on any atom is 0.236 e. The van der Waals surface area contributed by atoms with E-state index in [2.05, 4.69) is 0 Å². The average molecular weight is 186 g/mol. The third-order valence-electron chi connectivity index (χ3n) is 2.43. The van der Waals surface area contributed by atoms with Crippen LogP contribution in [0.2, 0.25) is 0 Å². The van der Waals surface area contributed by atoms with Gasteiger partial charge in [-0.15, -0.1) is 0 Å². The van der Waals surface area contributed by atoms with Crippen molar-refractivity contribution in [3.05, 3.63) is 0 Å². The number of likely N-dealkylation sites (N-methyl/N-ethyl adjacent to an activating group) is 1. The number of β-amino-alcohol motifs (C(OH)–C–C–N with tert-alkyl or cyclic N) is 1. The zero-order valence-corrected chi connectivity index (χ0v) is 8.58. The summed E-state index contributed by atoms with van der Waals surface area (Å²) in [5, 5.41) is 9.66. The molecule has 1 heterocycles. The molecule has 1 rings (SSSR count). The molecule has 4 heteroatoms. The van der Waals surface area contributed by atoms with Crippen LogP contribution in [0, 0.1) is 0 Å². The van der Waals surface area contributed by atoms with Crippen LogP contribution >= 0.6 is 0 Å². The van der Waals surface area contributed by atoms with E-state index in [9.17, 15) is 9.90 Å². The van der Waals surface area contributed by atoms with Gasteiger partial charge in [-0.1, -0.05) is 6.92 Å². The maximum atomic E-state index is 11.4. The largest absolute Gasteiger partial charge is 0.386 e. The van der Waals surface area contributed by atoms with Gasteiger partial charge in [0.25, 0.3) is 0 Å². The molecule has 1 N–H and O–H groups in total. The Balaban J connectivity index is 2.31. The number of rotatable bonds is 3. The van der Waals surface area contributed by atoms with E-state index in [0.717, 1.165) is 6.42 Å². The Morgan fingerprint density at radius 2 is 2.08 bits per heavy atom. The standard InChI is InChI=1S/C9H18N2O2/c1-4-9(13)6-11(7-9)8(12)5-10(2)3/h13H,4-7H2,1-3H3. The number of aliphatic hydroxyl groups is 1. The molecule has 1 saturated heterocycles. The molecule has 1 aliphatic heterocycles. The minimum atomic E-state index is -0.609. The van der Waals surface area contributed by atoms with Crippen LogP contribution in [0.25, 0.3) is 0 Å². The highest BCUT2D eigenvalue weighted by Crippen LogP contribution is 2.23. The van der Waals surface area contributed by atoms with Gasteiger partial charge in [0.1, 0.15) is 0 Å². The van der Waals surface area contributed by atoms with Gasteiger partial charge in [-0.3, -0.25) is 4.79 Å². The molecular weight excluding hydrogens is 168 g/mol. The van der Waals surface area contributed by atoms with Gasteiger partial charge in [0.2, 0.25) is 5.91 Å². The smallest absolute Gasteiger partial charge is 0.236 e. The van der Waals surface area contributed by atoms with E-state index in [-0.39, 0.29) is 5.91 Å². The maximum absolute atomic E-state index is 11.4. The lowest BCUT2D eigenvalue weighted by Crippen LogP contribution is -2.64. The van der Waals surface area contributed by atoms with E-state index in [4.69, 9.17) is 0 Å². The van der Waals surface area contributed by atoms with Crippen molar-refractivity contribution in [2.75, 3.05) is 33.7 Å². The highest BCUT2D eigenvalue weighted by molar-refractivity contribution is 5.79. The Morgan fingerprint density at radius 1 is 1.54 bits per heavy atom. The third kappa shape index (κ3) is 2.42.